The molecule has 4 nitrogen and oxygen atoms in total. The van der Waals surface area contributed by atoms with Crippen LogP contribution >= 0.6 is 11.8 Å². The maximum atomic E-state index is 11.4. The second-order valence-corrected chi connectivity index (χ2v) is 6.61. The fourth-order valence-corrected chi connectivity index (χ4v) is 2.93. The molecule has 0 aliphatic rings. The largest absolute Gasteiger partial charge is 0.396 e. The first-order chi connectivity index (χ1) is 7.62. The predicted octanol–water partition coefficient (Wildman–Crippen LogP) is 1.21. The van der Waals surface area contributed by atoms with Crippen LogP contribution in [0, 0.1) is 0 Å². The molecule has 0 atom stereocenters. The van der Waals surface area contributed by atoms with Crippen molar-refractivity contribution < 1.29 is 13.5 Å². The number of hydrogen-bond acceptors (Lipinski definition) is 4. The van der Waals surface area contributed by atoms with Crippen molar-refractivity contribution in [3.8, 4) is 0 Å². The van der Waals surface area contributed by atoms with Crippen LogP contribution in [0.1, 0.15) is 32.1 Å². The summed E-state index contributed by atoms with van der Waals surface area (Å²) < 4.78 is 25.4. The van der Waals surface area contributed by atoms with E-state index < -0.39 is 10.0 Å². The van der Waals surface area contributed by atoms with Crippen molar-refractivity contribution in [3.05, 3.63) is 0 Å². The van der Waals surface area contributed by atoms with Crippen LogP contribution in [0.3, 0.4) is 0 Å². The van der Waals surface area contributed by atoms with E-state index in [1.807, 2.05) is 11.8 Å². The Morgan fingerprint density at radius 3 is 2.50 bits per heavy atom. The molecule has 0 saturated heterocycles. The number of thioether (sulfide) groups is 1. The summed E-state index contributed by atoms with van der Waals surface area (Å²) in [5.41, 5.74) is 0. The van der Waals surface area contributed by atoms with Gasteiger partial charge < -0.3 is 5.11 Å². The Bertz CT molecular complexity index is 242. The van der Waals surface area contributed by atoms with Crippen LogP contribution in [0.15, 0.2) is 0 Å². The van der Waals surface area contributed by atoms with Crippen molar-refractivity contribution in [2.24, 2.45) is 0 Å². The third kappa shape index (κ3) is 10.7. The Balaban J connectivity index is 3.43. The number of sulfonamides is 1. The molecular weight excluding hydrogens is 246 g/mol. The average molecular weight is 269 g/mol. The SMILES string of the molecule is CSCCCCCNS(=O)(=O)CCCCO. The van der Waals surface area contributed by atoms with Crippen LogP contribution < -0.4 is 4.72 Å². The van der Waals surface area contributed by atoms with Gasteiger partial charge in [0.2, 0.25) is 10.0 Å². The zero-order valence-electron chi connectivity index (χ0n) is 9.94. The molecule has 0 fully saturated rings. The monoisotopic (exact) mass is 269 g/mol. The lowest BCUT2D eigenvalue weighted by Crippen LogP contribution is -2.27. The van der Waals surface area contributed by atoms with Crippen molar-refractivity contribution in [1.29, 1.82) is 0 Å². The van der Waals surface area contributed by atoms with E-state index in [4.69, 9.17) is 5.11 Å². The first-order valence-electron chi connectivity index (χ1n) is 5.69. The highest BCUT2D eigenvalue weighted by molar-refractivity contribution is 7.98. The van der Waals surface area contributed by atoms with Crippen LogP contribution in [0.25, 0.3) is 0 Å². The molecule has 0 radical (unpaired) electrons. The highest BCUT2D eigenvalue weighted by Crippen LogP contribution is 2.02. The number of nitrogens with one attached hydrogen (secondary N) is 1. The number of hydrogen-bond donors (Lipinski definition) is 2. The molecule has 0 aromatic carbocycles. The van der Waals surface area contributed by atoms with Crippen molar-refractivity contribution in [1.82, 2.24) is 4.72 Å². The molecule has 2 N–H and O–H groups in total. The minimum atomic E-state index is -3.11. The van der Waals surface area contributed by atoms with Gasteiger partial charge in [0.1, 0.15) is 0 Å². The van der Waals surface area contributed by atoms with Crippen LogP contribution in [0.5, 0.6) is 0 Å². The predicted molar refractivity (Wildman–Crippen MR) is 70.3 cm³/mol. The highest BCUT2D eigenvalue weighted by atomic mass is 32.2. The fraction of sp³-hybridized carbons (Fsp3) is 1.00. The topological polar surface area (TPSA) is 66.4 Å². The van der Waals surface area contributed by atoms with E-state index in [9.17, 15) is 8.42 Å². The first kappa shape index (κ1) is 16.2. The molecule has 0 bridgehead atoms. The van der Waals surface area contributed by atoms with Gasteiger partial charge in [-0.1, -0.05) is 6.42 Å². The molecule has 0 aromatic heterocycles. The average Bonchev–Trinajstić information content (AvgIpc) is 2.23. The molecule has 0 saturated carbocycles. The van der Waals surface area contributed by atoms with Gasteiger partial charge in [-0.15, -0.1) is 0 Å². The summed E-state index contributed by atoms with van der Waals surface area (Å²) in [7, 11) is -3.11. The van der Waals surface area contributed by atoms with Gasteiger partial charge in [-0.25, -0.2) is 13.1 Å². The normalized spacial score (nSPS) is 11.9. The maximum Gasteiger partial charge on any atom is 0.211 e. The van der Waals surface area contributed by atoms with Gasteiger partial charge in [0.15, 0.2) is 0 Å². The van der Waals surface area contributed by atoms with Crippen LogP contribution in [-0.2, 0) is 10.0 Å². The molecule has 0 amide bonds. The summed E-state index contributed by atoms with van der Waals surface area (Å²) in [6, 6.07) is 0. The smallest absolute Gasteiger partial charge is 0.211 e. The van der Waals surface area contributed by atoms with Crippen molar-refractivity contribution in [3.63, 3.8) is 0 Å². The van der Waals surface area contributed by atoms with Gasteiger partial charge in [-0.3, -0.25) is 0 Å². The zero-order chi connectivity index (χ0) is 12.3. The van der Waals surface area contributed by atoms with E-state index in [1.165, 1.54) is 0 Å². The number of aliphatic hydroxyl groups excluding tert-OH is 1. The molecule has 6 heteroatoms. The summed E-state index contributed by atoms with van der Waals surface area (Å²) in [5, 5.41) is 8.54. The van der Waals surface area contributed by atoms with E-state index in [0.29, 0.717) is 19.4 Å². The minimum absolute atomic E-state index is 0.0597. The Kier molecular flexibility index (Phi) is 10.5. The van der Waals surface area contributed by atoms with Gasteiger partial charge in [0, 0.05) is 13.2 Å². The number of aliphatic hydroxyl groups is 1. The lowest BCUT2D eigenvalue weighted by molar-refractivity contribution is 0.287. The van der Waals surface area contributed by atoms with E-state index in [-0.39, 0.29) is 12.4 Å². The molecule has 0 aliphatic heterocycles. The lowest BCUT2D eigenvalue weighted by Gasteiger charge is -2.05. The molecular formula is C10H23NO3S2. The van der Waals surface area contributed by atoms with Crippen molar-refractivity contribution in [2.45, 2.75) is 32.1 Å². The van der Waals surface area contributed by atoms with Crippen LogP contribution in [0.2, 0.25) is 0 Å². The molecule has 98 valence electrons. The fourth-order valence-electron chi connectivity index (χ4n) is 1.25. The quantitative estimate of drug-likeness (QED) is 0.553. The number of unbranched alkanes of at least 4 members (excludes halogenated alkanes) is 3. The van der Waals surface area contributed by atoms with E-state index in [2.05, 4.69) is 11.0 Å². The minimum Gasteiger partial charge on any atom is -0.396 e. The summed E-state index contributed by atoms with van der Waals surface area (Å²) >= 11 is 1.82. The second-order valence-electron chi connectivity index (χ2n) is 3.70. The summed E-state index contributed by atoms with van der Waals surface area (Å²) in [5.74, 6) is 1.27. The maximum absolute atomic E-state index is 11.4. The Labute approximate surface area is 103 Å². The van der Waals surface area contributed by atoms with Gasteiger partial charge >= 0.3 is 0 Å². The Hall–Kier alpha value is 0.220. The summed E-state index contributed by atoms with van der Waals surface area (Å²) in [4.78, 5) is 0. The molecule has 0 spiro atoms. The van der Waals surface area contributed by atoms with Crippen molar-refractivity contribution >= 4 is 21.8 Å². The summed E-state index contributed by atoms with van der Waals surface area (Å²) in [6.07, 6.45) is 6.27. The van der Waals surface area contributed by atoms with Crippen LogP contribution in [0.4, 0.5) is 0 Å². The van der Waals surface area contributed by atoms with Crippen molar-refractivity contribution in [2.75, 3.05) is 30.9 Å². The molecule has 0 rings (SSSR count). The molecule has 0 unspecified atom stereocenters. The van der Waals surface area contributed by atoms with Gasteiger partial charge in [-0.05, 0) is 37.7 Å². The number of rotatable bonds is 11. The summed E-state index contributed by atoms with van der Waals surface area (Å²) in [6.45, 7) is 0.597. The van der Waals surface area contributed by atoms with Gasteiger partial charge in [0.05, 0.1) is 5.75 Å². The zero-order valence-corrected chi connectivity index (χ0v) is 11.6. The molecule has 16 heavy (non-hydrogen) atoms. The molecule has 0 heterocycles. The Morgan fingerprint density at radius 2 is 1.88 bits per heavy atom. The molecule has 0 aliphatic carbocycles. The highest BCUT2D eigenvalue weighted by Gasteiger charge is 2.07. The second kappa shape index (κ2) is 10.4. The van der Waals surface area contributed by atoms with Gasteiger partial charge in [-0.2, -0.15) is 11.8 Å². The first-order valence-corrected chi connectivity index (χ1v) is 8.74. The van der Waals surface area contributed by atoms with Crippen LogP contribution in [-0.4, -0.2) is 44.4 Å². The van der Waals surface area contributed by atoms with E-state index in [1.54, 1.807) is 0 Å². The van der Waals surface area contributed by atoms with E-state index in [0.717, 1.165) is 25.0 Å². The Morgan fingerprint density at radius 1 is 1.12 bits per heavy atom. The van der Waals surface area contributed by atoms with E-state index >= 15 is 0 Å². The standard InChI is InChI=1S/C10H23NO3S2/c1-15-9-5-2-3-7-11-16(13,14)10-6-4-8-12/h11-12H,2-10H2,1H3. The lowest BCUT2D eigenvalue weighted by atomic mass is 10.2. The van der Waals surface area contributed by atoms with Gasteiger partial charge in [0.25, 0.3) is 0 Å². The third-order valence-electron chi connectivity index (χ3n) is 2.17. The molecule has 0 aromatic rings. The third-order valence-corrected chi connectivity index (χ3v) is 4.34.